The van der Waals surface area contributed by atoms with Crippen molar-refractivity contribution in [3.05, 3.63) is 0 Å². The van der Waals surface area contributed by atoms with E-state index in [0.29, 0.717) is 12.6 Å². The van der Waals surface area contributed by atoms with Crippen LogP contribution < -0.4 is 0 Å². The van der Waals surface area contributed by atoms with Crippen molar-refractivity contribution in [1.29, 1.82) is 0 Å². The van der Waals surface area contributed by atoms with Crippen molar-refractivity contribution >= 4 is 17.7 Å². The van der Waals surface area contributed by atoms with Crippen molar-refractivity contribution in [1.82, 2.24) is 4.90 Å². The van der Waals surface area contributed by atoms with Crippen LogP contribution in [0.1, 0.15) is 20.8 Å². The smallest absolute Gasteiger partial charge is 0.320 e. The molecule has 1 heterocycles. The topological polar surface area (TPSA) is 29.5 Å². The quantitative estimate of drug-likeness (QED) is 0.668. The van der Waals surface area contributed by atoms with Gasteiger partial charge >= 0.3 is 5.97 Å². The van der Waals surface area contributed by atoms with E-state index in [1.54, 1.807) is 0 Å². The Balaban J connectivity index is 2.31. The molecule has 1 atom stereocenters. The number of nitrogens with zero attached hydrogens (tertiary/aromatic N) is 1. The molecule has 0 aromatic heterocycles. The second kappa shape index (κ2) is 5.61. The van der Waals surface area contributed by atoms with E-state index in [4.69, 9.17) is 4.74 Å². The number of hydrogen-bond donors (Lipinski definition) is 0. The number of carbonyl (C=O) groups excluding carboxylic acids is 1. The van der Waals surface area contributed by atoms with Crippen molar-refractivity contribution < 1.29 is 9.53 Å². The highest BCUT2D eigenvalue weighted by atomic mass is 32.2. The lowest BCUT2D eigenvalue weighted by molar-refractivity contribution is -0.149. The van der Waals surface area contributed by atoms with Crippen LogP contribution in [0.25, 0.3) is 0 Å². The Morgan fingerprint density at radius 1 is 1.64 bits per heavy atom. The first-order valence-electron chi connectivity index (χ1n) is 5.11. The summed E-state index contributed by atoms with van der Waals surface area (Å²) >= 11 is 1.95. The van der Waals surface area contributed by atoms with E-state index in [1.807, 2.05) is 25.6 Å². The number of rotatable bonds is 3. The van der Waals surface area contributed by atoms with E-state index in [1.165, 1.54) is 0 Å². The van der Waals surface area contributed by atoms with Crippen LogP contribution >= 0.6 is 11.8 Å². The maximum absolute atomic E-state index is 11.4. The highest BCUT2D eigenvalue weighted by molar-refractivity contribution is 7.99. The lowest BCUT2D eigenvalue weighted by Gasteiger charge is -2.32. The molecule has 0 aliphatic carbocycles. The zero-order valence-electron chi connectivity index (χ0n) is 9.16. The molecule has 1 saturated heterocycles. The second-order valence-electron chi connectivity index (χ2n) is 3.93. The summed E-state index contributed by atoms with van der Waals surface area (Å²) in [5.41, 5.74) is 0. The van der Waals surface area contributed by atoms with E-state index >= 15 is 0 Å². The van der Waals surface area contributed by atoms with Gasteiger partial charge in [0.25, 0.3) is 0 Å². The number of ether oxygens (including phenoxy) is 1. The van der Waals surface area contributed by atoms with Gasteiger partial charge in [-0.2, -0.15) is 11.8 Å². The highest BCUT2D eigenvalue weighted by Gasteiger charge is 2.21. The predicted molar refractivity (Wildman–Crippen MR) is 59.6 cm³/mol. The minimum absolute atomic E-state index is 0.00280. The lowest BCUT2D eigenvalue weighted by Crippen LogP contribution is -2.44. The Bertz CT molecular complexity index is 197. The zero-order valence-corrected chi connectivity index (χ0v) is 9.97. The van der Waals surface area contributed by atoms with E-state index in [-0.39, 0.29) is 12.1 Å². The first kappa shape index (κ1) is 11.9. The van der Waals surface area contributed by atoms with Crippen LogP contribution in [0.15, 0.2) is 0 Å². The summed E-state index contributed by atoms with van der Waals surface area (Å²) < 4.78 is 5.11. The van der Waals surface area contributed by atoms with Crippen LogP contribution in [0.4, 0.5) is 0 Å². The number of thioether (sulfide) groups is 1. The molecule has 3 nitrogen and oxygen atoms in total. The molecule has 82 valence electrons. The third-order valence-corrected chi connectivity index (χ3v) is 3.39. The van der Waals surface area contributed by atoms with Crippen molar-refractivity contribution in [3.8, 4) is 0 Å². The molecule has 0 radical (unpaired) electrons. The van der Waals surface area contributed by atoms with Crippen LogP contribution in [0, 0.1) is 0 Å². The Kier molecular flexibility index (Phi) is 4.75. The van der Waals surface area contributed by atoms with Gasteiger partial charge in [-0.05, 0) is 20.8 Å². The van der Waals surface area contributed by atoms with Gasteiger partial charge in [-0.15, -0.1) is 0 Å². The molecule has 1 rings (SSSR count). The fourth-order valence-electron chi connectivity index (χ4n) is 1.46. The molecule has 0 spiro atoms. The summed E-state index contributed by atoms with van der Waals surface area (Å²) in [5.74, 6) is 2.15. The number of hydrogen-bond acceptors (Lipinski definition) is 4. The lowest BCUT2D eigenvalue weighted by atomic mass is 10.3. The van der Waals surface area contributed by atoms with E-state index in [2.05, 4.69) is 11.8 Å². The van der Waals surface area contributed by atoms with Gasteiger partial charge in [-0.25, -0.2) is 0 Å². The molecule has 0 amide bonds. The Labute approximate surface area is 90.2 Å². The van der Waals surface area contributed by atoms with Crippen LogP contribution in [-0.4, -0.2) is 47.6 Å². The van der Waals surface area contributed by atoms with Gasteiger partial charge in [0.2, 0.25) is 0 Å². The van der Waals surface area contributed by atoms with Gasteiger partial charge in [0.1, 0.15) is 0 Å². The summed E-state index contributed by atoms with van der Waals surface area (Å²) in [5, 5.41) is 0. The molecule has 1 fully saturated rings. The van der Waals surface area contributed by atoms with Crippen LogP contribution in [0.3, 0.4) is 0 Å². The Morgan fingerprint density at radius 2 is 2.36 bits per heavy atom. The summed E-state index contributed by atoms with van der Waals surface area (Å²) in [6, 6.07) is 0.494. The SMILES string of the molecule is CC(C)OC(=O)CN1CCSCC1C. The summed E-state index contributed by atoms with van der Waals surface area (Å²) in [7, 11) is 0. The molecule has 1 unspecified atom stereocenters. The maximum Gasteiger partial charge on any atom is 0.320 e. The van der Waals surface area contributed by atoms with Crippen LogP contribution in [0.5, 0.6) is 0 Å². The first-order valence-corrected chi connectivity index (χ1v) is 6.26. The molecule has 0 aromatic rings. The van der Waals surface area contributed by atoms with Crippen molar-refractivity contribution in [2.45, 2.75) is 32.9 Å². The van der Waals surface area contributed by atoms with E-state index in [0.717, 1.165) is 18.1 Å². The van der Waals surface area contributed by atoms with Crippen LogP contribution in [-0.2, 0) is 9.53 Å². The number of carbonyl (C=O) groups is 1. The van der Waals surface area contributed by atoms with Crippen molar-refractivity contribution in [2.75, 3.05) is 24.6 Å². The average molecular weight is 217 g/mol. The standard InChI is InChI=1S/C10H19NO2S/c1-8(2)13-10(12)6-11-4-5-14-7-9(11)3/h8-9H,4-7H2,1-3H3. The average Bonchev–Trinajstić information content (AvgIpc) is 2.07. The van der Waals surface area contributed by atoms with Gasteiger partial charge in [0, 0.05) is 24.1 Å². The summed E-state index contributed by atoms with van der Waals surface area (Å²) in [4.78, 5) is 13.6. The summed E-state index contributed by atoms with van der Waals surface area (Å²) in [6.45, 7) is 7.37. The van der Waals surface area contributed by atoms with E-state index < -0.39 is 0 Å². The highest BCUT2D eigenvalue weighted by Crippen LogP contribution is 2.15. The predicted octanol–water partition coefficient (Wildman–Crippen LogP) is 1.38. The van der Waals surface area contributed by atoms with Gasteiger partial charge in [-0.3, -0.25) is 9.69 Å². The molecule has 0 saturated carbocycles. The Morgan fingerprint density at radius 3 is 2.93 bits per heavy atom. The first-order chi connectivity index (χ1) is 6.59. The molecular weight excluding hydrogens is 198 g/mol. The van der Waals surface area contributed by atoms with Crippen molar-refractivity contribution in [3.63, 3.8) is 0 Å². The van der Waals surface area contributed by atoms with Gasteiger partial charge in [0.15, 0.2) is 0 Å². The van der Waals surface area contributed by atoms with Gasteiger partial charge < -0.3 is 4.74 Å². The molecule has 14 heavy (non-hydrogen) atoms. The van der Waals surface area contributed by atoms with Gasteiger partial charge in [0.05, 0.1) is 12.6 Å². The molecule has 0 bridgehead atoms. The minimum Gasteiger partial charge on any atom is -0.462 e. The third kappa shape index (κ3) is 3.88. The largest absolute Gasteiger partial charge is 0.462 e. The zero-order chi connectivity index (χ0) is 10.6. The van der Waals surface area contributed by atoms with Crippen LogP contribution in [0.2, 0.25) is 0 Å². The summed E-state index contributed by atoms with van der Waals surface area (Å²) in [6.07, 6.45) is -0.00280. The molecule has 1 aliphatic heterocycles. The van der Waals surface area contributed by atoms with Gasteiger partial charge in [-0.1, -0.05) is 0 Å². The Hall–Kier alpha value is -0.220. The molecular formula is C10H19NO2S. The number of esters is 1. The monoisotopic (exact) mass is 217 g/mol. The minimum atomic E-state index is -0.0984. The fourth-order valence-corrected chi connectivity index (χ4v) is 2.54. The molecule has 4 heteroatoms. The van der Waals surface area contributed by atoms with E-state index in [9.17, 15) is 4.79 Å². The fraction of sp³-hybridized carbons (Fsp3) is 0.900. The third-order valence-electron chi connectivity index (χ3n) is 2.20. The normalized spacial score (nSPS) is 23.9. The maximum atomic E-state index is 11.4. The second-order valence-corrected chi connectivity index (χ2v) is 5.08. The molecule has 1 aliphatic rings. The molecule has 0 N–H and O–H groups in total. The van der Waals surface area contributed by atoms with Crippen molar-refractivity contribution in [2.24, 2.45) is 0 Å². The molecule has 0 aromatic carbocycles.